The van der Waals surface area contributed by atoms with Gasteiger partial charge >= 0.3 is 0 Å². The molecule has 0 fully saturated rings. The van der Waals surface area contributed by atoms with Gasteiger partial charge in [0.2, 0.25) is 0 Å². The first-order chi connectivity index (χ1) is 5.83. The normalized spacial score (nSPS) is 9.75. The average molecular weight is 165 g/mol. The van der Waals surface area contributed by atoms with Crippen molar-refractivity contribution in [3.8, 4) is 11.5 Å². The Labute approximate surface area is 72.8 Å². The first-order valence-electron chi connectivity index (χ1n) is 4.23. The topological polar surface area (TPSA) is 29.1 Å². The predicted molar refractivity (Wildman–Crippen MR) is 47.0 cm³/mol. The molecule has 0 aliphatic rings. The molecule has 0 aromatic heterocycles. The lowest BCUT2D eigenvalue weighted by molar-refractivity contribution is 0.303. The Kier molecular flexibility index (Phi) is 3.45. The second kappa shape index (κ2) is 4.65. The molecule has 12 heavy (non-hydrogen) atoms. The van der Waals surface area contributed by atoms with E-state index in [1.54, 1.807) is 12.1 Å². The molecule has 0 bridgehead atoms. The van der Waals surface area contributed by atoms with E-state index in [9.17, 15) is 5.11 Å². The van der Waals surface area contributed by atoms with Crippen LogP contribution in [-0.2, 0) is 5.11 Å². The van der Waals surface area contributed by atoms with Gasteiger partial charge in [-0.25, -0.2) is 0 Å². The van der Waals surface area contributed by atoms with Gasteiger partial charge in [0, 0.05) is 6.07 Å². The molecule has 0 saturated heterocycles. The Bertz CT molecular complexity index is 233. The summed E-state index contributed by atoms with van der Waals surface area (Å²) >= 11 is 0. The highest BCUT2D eigenvalue weighted by atomic mass is 16.5. The average Bonchev–Trinajstić information content (AvgIpc) is 2.05. The van der Waals surface area contributed by atoms with E-state index in [-0.39, 0.29) is 5.75 Å². The van der Waals surface area contributed by atoms with E-state index in [2.05, 4.69) is 6.92 Å². The summed E-state index contributed by atoms with van der Waals surface area (Å²) in [5.74, 6) is 0.681. The predicted octanol–water partition coefficient (Wildman–Crippen LogP) is 3.01. The standard InChI is InChI=1S/C10H13O2/c1-2-3-7-12-10-6-4-5-9(11)8-10/h4-6,8H,2-3,7H2,1H3. The van der Waals surface area contributed by atoms with Crippen LogP contribution >= 0.6 is 0 Å². The number of hydrogen-bond donors (Lipinski definition) is 0. The van der Waals surface area contributed by atoms with Crippen molar-refractivity contribution < 1.29 is 9.84 Å². The van der Waals surface area contributed by atoms with Crippen molar-refractivity contribution in [2.75, 3.05) is 6.61 Å². The number of benzene rings is 1. The lowest BCUT2D eigenvalue weighted by atomic mass is 10.3. The molecule has 2 nitrogen and oxygen atoms in total. The van der Waals surface area contributed by atoms with Crippen LogP contribution in [0.2, 0.25) is 0 Å². The van der Waals surface area contributed by atoms with E-state index in [1.807, 2.05) is 0 Å². The van der Waals surface area contributed by atoms with Crippen LogP contribution in [0, 0.1) is 0 Å². The minimum atomic E-state index is 0.00370. The molecular formula is C10H13O2. The van der Waals surface area contributed by atoms with Gasteiger partial charge in [-0.1, -0.05) is 19.4 Å². The summed E-state index contributed by atoms with van der Waals surface area (Å²) in [5, 5.41) is 10.8. The van der Waals surface area contributed by atoms with Crippen molar-refractivity contribution in [1.29, 1.82) is 0 Å². The lowest BCUT2D eigenvalue weighted by Crippen LogP contribution is -1.95. The van der Waals surface area contributed by atoms with Crippen molar-refractivity contribution in [3.63, 3.8) is 0 Å². The molecule has 1 radical (unpaired) electrons. The van der Waals surface area contributed by atoms with Gasteiger partial charge in [-0.05, 0) is 18.6 Å². The van der Waals surface area contributed by atoms with Gasteiger partial charge < -0.3 is 4.74 Å². The fourth-order valence-corrected chi connectivity index (χ4v) is 0.898. The maximum Gasteiger partial charge on any atom is 0.182 e. The van der Waals surface area contributed by atoms with Crippen LogP contribution < -0.4 is 4.74 Å². The smallest absolute Gasteiger partial charge is 0.182 e. The summed E-state index contributed by atoms with van der Waals surface area (Å²) in [7, 11) is 0. The number of rotatable bonds is 4. The molecule has 1 aromatic rings. The van der Waals surface area contributed by atoms with Crippen molar-refractivity contribution in [1.82, 2.24) is 0 Å². The Hall–Kier alpha value is -1.18. The zero-order valence-electron chi connectivity index (χ0n) is 7.25. The van der Waals surface area contributed by atoms with E-state index in [4.69, 9.17) is 4.74 Å². The van der Waals surface area contributed by atoms with Gasteiger partial charge in [0.1, 0.15) is 5.75 Å². The molecule has 0 amide bonds. The van der Waals surface area contributed by atoms with Crippen molar-refractivity contribution in [2.24, 2.45) is 0 Å². The molecule has 0 saturated carbocycles. The third-order valence-corrected chi connectivity index (χ3v) is 1.57. The lowest BCUT2D eigenvalue weighted by Gasteiger charge is -2.03. The molecule has 1 rings (SSSR count). The zero-order valence-corrected chi connectivity index (χ0v) is 7.25. The van der Waals surface area contributed by atoms with Crippen molar-refractivity contribution in [2.45, 2.75) is 19.8 Å². The monoisotopic (exact) mass is 165 g/mol. The first kappa shape index (κ1) is 8.91. The van der Waals surface area contributed by atoms with Crippen LogP contribution in [0.5, 0.6) is 11.5 Å². The zero-order chi connectivity index (χ0) is 8.81. The van der Waals surface area contributed by atoms with Crippen LogP contribution in [0.25, 0.3) is 0 Å². The highest BCUT2D eigenvalue weighted by molar-refractivity contribution is 5.31. The summed E-state index contributed by atoms with van der Waals surface area (Å²) in [5.41, 5.74) is 0. The molecule has 65 valence electrons. The molecule has 0 atom stereocenters. The van der Waals surface area contributed by atoms with E-state index in [1.165, 1.54) is 12.1 Å². The molecule has 1 aromatic carbocycles. The van der Waals surface area contributed by atoms with Crippen molar-refractivity contribution in [3.05, 3.63) is 24.3 Å². The second-order valence-electron chi connectivity index (χ2n) is 2.68. The van der Waals surface area contributed by atoms with Crippen LogP contribution in [0.4, 0.5) is 0 Å². The van der Waals surface area contributed by atoms with Gasteiger partial charge in [-0.15, -0.1) is 0 Å². The number of hydrogen-bond acceptors (Lipinski definition) is 1. The minimum Gasteiger partial charge on any atom is -0.493 e. The van der Waals surface area contributed by atoms with E-state index in [0.29, 0.717) is 12.4 Å². The Morgan fingerprint density at radius 1 is 1.42 bits per heavy atom. The molecule has 0 heterocycles. The summed E-state index contributed by atoms with van der Waals surface area (Å²) in [4.78, 5) is 0. The highest BCUT2D eigenvalue weighted by Gasteiger charge is 1.94. The molecule has 0 unspecified atom stereocenters. The maximum absolute atomic E-state index is 10.8. The van der Waals surface area contributed by atoms with Crippen molar-refractivity contribution >= 4 is 0 Å². The first-order valence-corrected chi connectivity index (χ1v) is 4.23. The summed E-state index contributed by atoms with van der Waals surface area (Å²) in [6, 6.07) is 6.54. The molecule has 0 aliphatic heterocycles. The van der Waals surface area contributed by atoms with Gasteiger partial charge in [-0.2, -0.15) is 0 Å². The largest absolute Gasteiger partial charge is 0.493 e. The molecule has 0 spiro atoms. The van der Waals surface area contributed by atoms with Crippen LogP contribution in [0.15, 0.2) is 24.3 Å². The highest BCUT2D eigenvalue weighted by Crippen LogP contribution is 2.18. The van der Waals surface area contributed by atoms with E-state index >= 15 is 0 Å². The second-order valence-corrected chi connectivity index (χ2v) is 2.68. The van der Waals surface area contributed by atoms with Gasteiger partial charge in [0.25, 0.3) is 0 Å². The fraction of sp³-hybridized carbons (Fsp3) is 0.400. The van der Waals surface area contributed by atoms with Crippen LogP contribution in [0.1, 0.15) is 19.8 Å². The van der Waals surface area contributed by atoms with Gasteiger partial charge in [0.05, 0.1) is 6.61 Å². The van der Waals surface area contributed by atoms with Gasteiger partial charge in [-0.3, -0.25) is 5.11 Å². The quantitative estimate of drug-likeness (QED) is 0.630. The summed E-state index contributed by atoms with van der Waals surface area (Å²) in [6.45, 7) is 2.80. The fourth-order valence-electron chi connectivity index (χ4n) is 0.898. The summed E-state index contributed by atoms with van der Waals surface area (Å²) in [6.07, 6.45) is 2.14. The molecule has 2 heteroatoms. The third-order valence-electron chi connectivity index (χ3n) is 1.57. The molecule has 0 N–H and O–H groups in total. The Morgan fingerprint density at radius 3 is 2.92 bits per heavy atom. The summed E-state index contributed by atoms with van der Waals surface area (Å²) < 4.78 is 5.33. The SMILES string of the molecule is CCCCOc1cccc([O])c1. The number of ether oxygens (including phenoxy) is 1. The van der Waals surface area contributed by atoms with Crippen LogP contribution in [0.3, 0.4) is 0 Å². The number of unbranched alkanes of at least 4 members (excludes halogenated alkanes) is 1. The molecule has 0 aliphatic carbocycles. The minimum absolute atomic E-state index is 0.00370. The van der Waals surface area contributed by atoms with Crippen LogP contribution in [-0.4, -0.2) is 6.61 Å². The third kappa shape index (κ3) is 2.82. The Morgan fingerprint density at radius 2 is 2.25 bits per heavy atom. The van der Waals surface area contributed by atoms with E-state index in [0.717, 1.165) is 12.8 Å². The Balaban J connectivity index is 2.41. The molecular weight excluding hydrogens is 152 g/mol. The van der Waals surface area contributed by atoms with Gasteiger partial charge in [0.15, 0.2) is 5.75 Å². The van der Waals surface area contributed by atoms with E-state index < -0.39 is 0 Å². The maximum atomic E-state index is 10.8.